The van der Waals surface area contributed by atoms with E-state index in [2.05, 4.69) is 9.97 Å². The fraction of sp³-hybridized carbons (Fsp3) is 0.136. The van der Waals surface area contributed by atoms with Gasteiger partial charge in [-0.05, 0) is 18.2 Å². The first-order valence-corrected chi connectivity index (χ1v) is 8.87. The number of aromatic nitrogens is 2. The molecule has 0 radical (unpaired) electrons. The van der Waals surface area contributed by atoms with Crippen LogP contribution in [0.3, 0.4) is 0 Å². The summed E-state index contributed by atoms with van der Waals surface area (Å²) in [4.78, 5) is 20.4. The van der Waals surface area contributed by atoms with Gasteiger partial charge in [0.15, 0.2) is 11.5 Å². The summed E-state index contributed by atoms with van der Waals surface area (Å²) in [5.41, 5.74) is 0.687. The number of carbonyl (C=O) groups excluding carboxylic acids is 1. The van der Waals surface area contributed by atoms with Crippen LogP contribution in [0.1, 0.15) is 5.56 Å². The Balaban J connectivity index is 1.89. The van der Waals surface area contributed by atoms with Crippen molar-refractivity contribution in [2.75, 3.05) is 21.3 Å². The van der Waals surface area contributed by atoms with E-state index in [1.807, 2.05) is 12.1 Å². The van der Waals surface area contributed by atoms with Crippen LogP contribution in [0.2, 0.25) is 0 Å². The van der Waals surface area contributed by atoms with Crippen molar-refractivity contribution in [1.82, 2.24) is 9.97 Å². The Labute approximate surface area is 173 Å². The Morgan fingerprint density at radius 1 is 0.833 bits per heavy atom. The lowest BCUT2D eigenvalue weighted by atomic mass is 10.1. The number of methoxy groups -OCH3 is 3. The van der Waals surface area contributed by atoms with E-state index in [1.54, 1.807) is 43.5 Å². The Kier molecular flexibility index (Phi) is 6.83. The maximum atomic E-state index is 12.1. The molecule has 8 heteroatoms. The first-order valence-electron chi connectivity index (χ1n) is 8.87. The third-order valence-electron chi connectivity index (χ3n) is 3.93. The van der Waals surface area contributed by atoms with Gasteiger partial charge in [0.25, 0.3) is 0 Å². The maximum absolute atomic E-state index is 12.1. The summed E-state index contributed by atoms with van der Waals surface area (Å²) >= 11 is 0. The predicted octanol–water partition coefficient (Wildman–Crippen LogP) is 4.23. The number of hydrogen-bond donors (Lipinski definition) is 0. The zero-order valence-electron chi connectivity index (χ0n) is 16.7. The number of hydrogen-bond acceptors (Lipinski definition) is 8. The summed E-state index contributed by atoms with van der Waals surface area (Å²) in [7, 11) is 4.29. The number of benzene rings is 2. The second kappa shape index (κ2) is 9.92. The van der Waals surface area contributed by atoms with Gasteiger partial charge in [0.05, 0.1) is 33.7 Å². The minimum Gasteiger partial charge on any atom is -0.503 e. The third-order valence-corrected chi connectivity index (χ3v) is 3.93. The van der Waals surface area contributed by atoms with Crippen LogP contribution in [-0.2, 0) is 14.3 Å². The van der Waals surface area contributed by atoms with Crippen molar-refractivity contribution in [2.24, 2.45) is 0 Å². The van der Waals surface area contributed by atoms with Crippen LogP contribution >= 0.6 is 0 Å². The Morgan fingerprint density at radius 3 is 2.07 bits per heavy atom. The van der Waals surface area contributed by atoms with Crippen molar-refractivity contribution in [3.63, 3.8) is 0 Å². The number of para-hydroxylation sites is 3. The molecule has 0 saturated heterocycles. The van der Waals surface area contributed by atoms with E-state index in [4.69, 9.17) is 23.7 Å². The van der Waals surface area contributed by atoms with Gasteiger partial charge in [-0.2, -0.15) is 0 Å². The zero-order valence-corrected chi connectivity index (χ0v) is 16.7. The van der Waals surface area contributed by atoms with Crippen LogP contribution in [0.25, 0.3) is 5.57 Å². The first-order chi connectivity index (χ1) is 14.7. The SMILES string of the molecule is COC=C(C(=O)OC)c1ccccc1Oc1cc(Oc2ccccc2OC)ncn1. The Bertz CT molecular complexity index is 1050. The second-order valence-electron chi connectivity index (χ2n) is 5.80. The summed E-state index contributed by atoms with van der Waals surface area (Å²) in [5.74, 6) is 1.38. The number of rotatable bonds is 8. The van der Waals surface area contributed by atoms with Gasteiger partial charge in [-0.25, -0.2) is 14.8 Å². The first kappa shape index (κ1) is 20.7. The molecule has 0 aliphatic heterocycles. The van der Waals surface area contributed by atoms with Crippen LogP contribution in [0.5, 0.6) is 29.0 Å². The molecular formula is C22H20N2O6. The van der Waals surface area contributed by atoms with E-state index in [9.17, 15) is 4.79 Å². The molecule has 0 aliphatic carbocycles. The molecule has 2 aromatic carbocycles. The highest BCUT2D eigenvalue weighted by molar-refractivity contribution is 6.17. The van der Waals surface area contributed by atoms with Gasteiger partial charge in [-0.15, -0.1) is 0 Å². The van der Waals surface area contributed by atoms with Gasteiger partial charge in [0.2, 0.25) is 11.8 Å². The van der Waals surface area contributed by atoms with Crippen LogP contribution < -0.4 is 14.2 Å². The highest BCUT2D eigenvalue weighted by Gasteiger charge is 2.18. The lowest BCUT2D eigenvalue weighted by Gasteiger charge is -2.13. The molecule has 154 valence electrons. The lowest BCUT2D eigenvalue weighted by Crippen LogP contribution is -2.06. The van der Waals surface area contributed by atoms with E-state index in [1.165, 1.54) is 32.9 Å². The number of ether oxygens (including phenoxy) is 5. The molecule has 3 aromatic rings. The van der Waals surface area contributed by atoms with Gasteiger partial charge in [0, 0.05) is 5.56 Å². The second-order valence-corrected chi connectivity index (χ2v) is 5.80. The van der Waals surface area contributed by atoms with E-state index in [0.717, 1.165) is 0 Å². The number of carbonyl (C=O) groups is 1. The van der Waals surface area contributed by atoms with Crippen LogP contribution in [-0.4, -0.2) is 37.3 Å². The summed E-state index contributed by atoms with van der Waals surface area (Å²) in [6, 6.07) is 15.7. The van der Waals surface area contributed by atoms with Gasteiger partial charge < -0.3 is 23.7 Å². The molecule has 0 amide bonds. The lowest BCUT2D eigenvalue weighted by molar-refractivity contribution is -0.133. The summed E-state index contributed by atoms with van der Waals surface area (Å²) in [6.45, 7) is 0. The van der Waals surface area contributed by atoms with E-state index in [-0.39, 0.29) is 17.3 Å². The summed E-state index contributed by atoms with van der Waals surface area (Å²) in [6.07, 6.45) is 2.61. The largest absolute Gasteiger partial charge is 0.503 e. The van der Waals surface area contributed by atoms with Crippen molar-refractivity contribution < 1.29 is 28.5 Å². The van der Waals surface area contributed by atoms with Gasteiger partial charge >= 0.3 is 5.97 Å². The normalized spacial score (nSPS) is 10.8. The molecule has 0 N–H and O–H groups in total. The van der Waals surface area contributed by atoms with Crippen LogP contribution in [0.15, 0.2) is 67.2 Å². The monoisotopic (exact) mass is 408 g/mol. The van der Waals surface area contributed by atoms with Crippen molar-refractivity contribution >= 4 is 11.5 Å². The molecule has 3 rings (SSSR count). The van der Waals surface area contributed by atoms with Gasteiger partial charge in [0.1, 0.15) is 17.6 Å². The highest BCUT2D eigenvalue weighted by atomic mass is 16.5. The predicted molar refractivity (Wildman–Crippen MR) is 109 cm³/mol. The molecule has 0 fully saturated rings. The molecule has 0 aliphatic rings. The minimum absolute atomic E-state index is 0.204. The standard InChI is InChI=1S/C22H20N2O6/c1-26-13-16(22(25)28-3)15-8-4-5-9-17(15)29-20-12-21(24-14-23-20)30-19-11-7-6-10-18(19)27-2/h4-14H,1-3H3. The molecule has 8 nitrogen and oxygen atoms in total. The van der Waals surface area contributed by atoms with E-state index < -0.39 is 5.97 Å². The topological polar surface area (TPSA) is 89.0 Å². The summed E-state index contributed by atoms with van der Waals surface area (Å²) < 4.78 is 26.8. The molecule has 0 atom stereocenters. The molecule has 0 bridgehead atoms. The molecular weight excluding hydrogens is 388 g/mol. The average Bonchev–Trinajstić information content (AvgIpc) is 2.78. The fourth-order valence-corrected chi connectivity index (χ4v) is 2.59. The molecule has 0 spiro atoms. The smallest absolute Gasteiger partial charge is 0.341 e. The highest BCUT2D eigenvalue weighted by Crippen LogP contribution is 2.33. The summed E-state index contributed by atoms with van der Waals surface area (Å²) in [5, 5.41) is 0. The van der Waals surface area contributed by atoms with Gasteiger partial charge in [-0.1, -0.05) is 30.3 Å². The van der Waals surface area contributed by atoms with Crippen molar-refractivity contribution in [1.29, 1.82) is 0 Å². The molecule has 1 heterocycles. The minimum atomic E-state index is -0.559. The zero-order chi connectivity index (χ0) is 21.3. The van der Waals surface area contributed by atoms with E-state index >= 15 is 0 Å². The van der Waals surface area contributed by atoms with Crippen LogP contribution in [0, 0.1) is 0 Å². The number of nitrogens with zero attached hydrogens (tertiary/aromatic N) is 2. The third kappa shape index (κ3) is 4.85. The molecule has 1 aromatic heterocycles. The quantitative estimate of drug-likeness (QED) is 0.311. The average molecular weight is 408 g/mol. The maximum Gasteiger partial charge on any atom is 0.341 e. The Morgan fingerprint density at radius 2 is 1.43 bits per heavy atom. The molecule has 0 saturated carbocycles. The van der Waals surface area contributed by atoms with Crippen molar-refractivity contribution in [3.05, 3.63) is 72.8 Å². The Hall–Kier alpha value is -4.07. The fourth-order valence-electron chi connectivity index (χ4n) is 2.59. The van der Waals surface area contributed by atoms with E-state index in [0.29, 0.717) is 22.8 Å². The molecule has 0 unspecified atom stereocenters. The molecule has 30 heavy (non-hydrogen) atoms. The van der Waals surface area contributed by atoms with Crippen molar-refractivity contribution in [3.8, 4) is 29.0 Å². The van der Waals surface area contributed by atoms with Gasteiger partial charge in [-0.3, -0.25) is 0 Å². The van der Waals surface area contributed by atoms with Crippen molar-refractivity contribution in [2.45, 2.75) is 0 Å². The number of esters is 1. The van der Waals surface area contributed by atoms with Crippen LogP contribution in [0.4, 0.5) is 0 Å².